The summed E-state index contributed by atoms with van der Waals surface area (Å²) in [7, 11) is 1.67. The topological polar surface area (TPSA) is 21.3 Å². The number of methoxy groups -OCH3 is 1. The lowest BCUT2D eigenvalue weighted by Gasteiger charge is -2.20. The first kappa shape index (κ1) is 17.3. The summed E-state index contributed by atoms with van der Waals surface area (Å²) in [5, 5.41) is 4.42. The van der Waals surface area contributed by atoms with E-state index in [-0.39, 0.29) is 0 Å². The first-order chi connectivity index (χ1) is 9.72. The quantitative estimate of drug-likeness (QED) is 0.587. The van der Waals surface area contributed by atoms with Gasteiger partial charge in [0.05, 0.1) is 7.11 Å². The number of hydrogen-bond donors (Lipinski definition) is 1. The Kier molecular flexibility index (Phi) is 8.72. The molecular weight excluding hydrogens is 270 g/mol. The van der Waals surface area contributed by atoms with Crippen LogP contribution < -0.4 is 10.1 Å². The molecule has 0 bridgehead atoms. The molecule has 0 saturated heterocycles. The summed E-state index contributed by atoms with van der Waals surface area (Å²) in [6.07, 6.45) is 7.42. The predicted octanol–water partition coefficient (Wildman–Crippen LogP) is 5.36. The first-order valence-corrected chi connectivity index (χ1v) is 8.17. The molecule has 0 spiro atoms. The van der Waals surface area contributed by atoms with Crippen LogP contribution in [0.1, 0.15) is 64.0 Å². The largest absolute Gasteiger partial charge is 0.497 e. The highest BCUT2D eigenvalue weighted by atomic mass is 35.5. The van der Waals surface area contributed by atoms with Crippen LogP contribution >= 0.6 is 11.6 Å². The van der Waals surface area contributed by atoms with E-state index in [1.54, 1.807) is 7.11 Å². The maximum Gasteiger partial charge on any atom is 0.120 e. The number of ether oxygens (including phenoxy) is 1. The van der Waals surface area contributed by atoms with Gasteiger partial charge in [-0.2, -0.15) is 0 Å². The molecule has 1 rings (SSSR count). The van der Waals surface area contributed by atoms with Gasteiger partial charge in [0.25, 0.3) is 0 Å². The Morgan fingerprint density at radius 3 is 2.55 bits per heavy atom. The molecule has 1 atom stereocenters. The van der Waals surface area contributed by atoms with Crippen molar-refractivity contribution in [2.24, 2.45) is 0 Å². The van der Waals surface area contributed by atoms with Gasteiger partial charge in [-0.3, -0.25) is 0 Å². The third kappa shape index (κ3) is 5.72. The van der Waals surface area contributed by atoms with Crippen LogP contribution in [0.2, 0.25) is 5.02 Å². The van der Waals surface area contributed by atoms with E-state index in [1.165, 1.54) is 31.2 Å². The summed E-state index contributed by atoms with van der Waals surface area (Å²) >= 11 is 6.40. The number of hydrogen-bond acceptors (Lipinski definition) is 2. The summed E-state index contributed by atoms with van der Waals surface area (Å²) in [6.45, 7) is 5.46. The first-order valence-electron chi connectivity index (χ1n) is 7.79. The Hall–Kier alpha value is -0.730. The van der Waals surface area contributed by atoms with Gasteiger partial charge in [0.1, 0.15) is 5.75 Å². The highest BCUT2D eigenvalue weighted by Crippen LogP contribution is 2.30. The van der Waals surface area contributed by atoms with E-state index in [0.717, 1.165) is 30.2 Å². The zero-order valence-corrected chi connectivity index (χ0v) is 13.8. The summed E-state index contributed by atoms with van der Waals surface area (Å²) in [6, 6.07) is 6.34. The number of rotatable bonds is 10. The fraction of sp³-hybridized carbons (Fsp3) is 0.647. The minimum atomic E-state index is 0.352. The molecule has 0 aromatic heterocycles. The molecule has 1 unspecified atom stereocenters. The summed E-state index contributed by atoms with van der Waals surface area (Å²) in [4.78, 5) is 0. The minimum Gasteiger partial charge on any atom is -0.497 e. The fourth-order valence-corrected chi connectivity index (χ4v) is 2.68. The second-order valence-corrected chi connectivity index (χ2v) is 5.65. The molecular formula is C17H28ClNO. The molecule has 0 radical (unpaired) electrons. The lowest BCUT2D eigenvalue weighted by Crippen LogP contribution is -2.22. The molecule has 0 aliphatic rings. The Labute approximate surface area is 128 Å². The second kappa shape index (κ2) is 10.1. The van der Waals surface area contributed by atoms with Crippen LogP contribution in [0, 0.1) is 0 Å². The fourth-order valence-electron chi connectivity index (χ4n) is 2.38. The zero-order valence-electron chi connectivity index (χ0n) is 13.0. The third-order valence-corrected chi connectivity index (χ3v) is 3.90. The molecule has 1 N–H and O–H groups in total. The summed E-state index contributed by atoms with van der Waals surface area (Å²) in [5.74, 6) is 0.818. The average Bonchev–Trinajstić information content (AvgIpc) is 2.47. The van der Waals surface area contributed by atoms with Crippen LogP contribution in [0.4, 0.5) is 0 Å². The Morgan fingerprint density at radius 2 is 1.95 bits per heavy atom. The normalized spacial score (nSPS) is 12.4. The molecule has 1 aromatic rings. The van der Waals surface area contributed by atoms with Crippen LogP contribution in [0.15, 0.2) is 18.2 Å². The monoisotopic (exact) mass is 297 g/mol. The highest BCUT2D eigenvalue weighted by molar-refractivity contribution is 6.31. The molecule has 1 aromatic carbocycles. The Bertz CT molecular complexity index is 381. The van der Waals surface area contributed by atoms with E-state index in [1.807, 2.05) is 12.1 Å². The third-order valence-electron chi connectivity index (χ3n) is 3.57. The zero-order chi connectivity index (χ0) is 14.8. The van der Waals surface area contributed by atoms with Gasteiger partial charge in [0.15, 0.2) is 0 Å². The van der Waals surface area contributed by atoms with Crippen molar-refractivity contribution in [1.29, 1.82) is 0 Å². The minimum absolute atomic E-state index is 0.352. The molecule has 114 valence electrons. The van der Waals surface area contributed by atoms with Gasteiger partial charge in [-0.15, -0.1) is 0 Å². The van der Waals surface area contributed by atoms with Crippen LogP contribution in [0.25, 0.3) is 0 Å². The van der Waals surface area contributed by atoms with Crippen molar-refractivity contribution in [1.82, 2.24) is 5.32 Å². The number of nitrogens with one attached hydrogen (secondary N) is 1. The van der Waals surface area contributed by atoms with E-state index < -0.39 is 0 Å². The van der Waals surface area contributed by atoms with Crippen molar-refractivity contribution in [3.8, 4) is 5.75 Å². The van der Waals surface area contributed by atoms with Crippen molar-refractivity contribution in [2.75, 3.05) is 13.7 Å². The molecule has 0 aliphatic heterocycles. The van der Waals surface area contributed by atoms with Crippen molar-refractivity contribution >= 4 is 11.6 Å². The smallest absolute Gasteiger partial charge is 0.120 e. The highest BCUT2D eigenvalue weighted by Gasteiger charge is 2.14. The van der Waals surface area contributed by atoms with Gasteiger partial charge in [-0.1, -0.05) is 57.2 Å². The van der Waals surface area contributed by atoms with E-state index in [9.17, 15) is 0 Å². The van der Waals surface area contributed by atoms with Gasteiger partial charge < -0.3 is 10.1 Å². The molecule has 3 heteroatoms. The van der Waals surface area contributed by atoms with Crippen molar-refractivity contribution < 1.29 is 4.74 Å². The van der Waals surface area contributed by atoms with Crippen molar-refractivity contribution in [2.45, 2.75) is 58.4 Å². The van der Waals surface area contributed by atoms with Crippen LogP contribution in [-0.2, 0) is 0 Å². The second-order valence-electron chi connectivity index (χ2n) is 5.24. The van der Waals surface area contributed by atoms with Crippen LogP contribution in [0.5, 0.6) is 5.75 Å². The standard InChI is InChI=1S/C17H28ClNO/c1-4-6-7-8-9-17(19-12-5-2)15-11-10-14(20-3)13-16(15)18/h10-11,13,17,19H,4-9,12H2,1-3H3. The SMILES string of the molecule is CCCCCCC(NCCC)c1ccc(OC)cc1Cl. The van der Waals surface area contributed by atoms with Gasteiger partial charge in [0.2, 0.25) is 0 Å². The van der Waals surface area contributed by atoms with Gasteiger partial charge >= 0.3 is 0 Å². The molecule has 20 heavy (non-hydrogen) atoms. The molecule has 0 aliphatic carbocycles. The van der Waals surface area contributed by atoms with E-state index in [0.29, 0.717) is 6.04 Å². The van der Waals surface area contributed by atoms with Crippen LogP contribution in [-0.4, -0.2) is 13.7 Å². The molecule has 0 heterocycles. The van der Waals surface area contributed by atoms with Gasteiger partial charge in [-0.05, 0) is 37.1 Å². The number of benzene rings is 1. The number of unbranched alkanes of at least 4 members (excludes halogenated alkanes) is 3. The van der Waals surface area contributed by atoms with Crippen LogP contribution in [0.3, 0.4) is 0 Å². The molecule has 2 nitrogen and oxygen atoms in total. The lowest BCUT2D eigenvalue weighted by molar-refractivity contribution is 0.413. The lowest BCUT2D eigenvalue weighted by atomic mass is 9.99. The summed E-state index contributed by atoms with van der Waals surface area (Å²) < 4.78 is 5.22. The van der Waals surface area contributed by atoms with Crippen molar-refractivity contribution in [3.05, 3.63) is 28.8 Å². The molecule has 0 amide bonds. The maximum atomic E-state index is 6.40. The van der Waals surface area contributed by atoms with Crippen molar-refractivity contribution in [3.63, 3.8) is 0 Å². The summed E-state index contributed by atoms with van der Waals surface area (Å²) in [5.41, 5.74) is 1.19. The van der Waals surface area contributed by atoms with E-state index in [4.69, 9.17) is 16.3 Å². The average molecular weight is 298 g/mol. The Morgan fingerprint density at radius 1 is 1.15 bits per heavy atom. The maximum absolute atomic E-state index is 6.40. The molecule has 0 fully saturated rings. The van der Waals surface area contributed by atoms with E-state index in [2.05, 4.69) is 25.2 Å². The number of halogens is 1. The van der Waals surface area contributed by atoms with Gasteiger partial charge in [-0.25, -0.2) is 0 Å². The van der Waals surface area contributed by atoms with E-state index >= 15 is 0 Å². The Balaban J connectivity index is 2.70. The van der Waals surface area contributed by atoms with Gasteiger partial charge in [0, 0.05) is 11.1 Å². The molecule has 0 saturated carbocycles. The predicted molar refractivity (Wildman–Crippen MR) is 87.8 cm³/mol.